The second kappa shape index (κ2) is 9.15. The van der Waals surface area contributed by atoms with Gasteiger partial charge in [-0.15, -0.1) is 11.3 Å². The molecule has 0 amide bonds. The molecule has 0 aliphatic carbocycles. The summed E-state index contributed by atoms with van der Waals surface area (Å²) in [5.41, 5.74) is 1.67. The van der Waals surface area contributed by atoms with Gasteiger partial charge in [0.1, 0.15) is 17.4 Å². The molecule has 33 heavy (non-hydrogen) atoms. The van der Waals surface area contributed by atoms with Gasteiger partial charge < -0.3 is 14.2 Å². The maximum absolute atomic E-state index is 13.2. The second-order valence-electron chi connectivity index (χ2n) is 8.62. The van der Waals surface area contributed by atoms with Crippen LogP contribution in [0.5, 0.6) is 0 Å². The molecular formula is C21H26F3N7OS. The molecule has 0 saturated carbocycles. The fourth-order valence-electron chi connectivity index (χ4n) is 4.51. The largest absolute Gasteiger partial charge is 0.406 e. The highest BCUT2D eigenvalue weighted by Gasteiger charge is 2.31. The first-order chi connectivity index (χ1) is 15.9. The molecule has 0 bridgehead atoms. The molecule has 3 aromatic rings. The molecule has 2 fully saturated rings. The van der Waals surface area contributed by atoms with Crippen LogP contribution in [-0.2, 0) is 17.8 Å². The van der Waals surface area contributed by atoms with E-state index in [0.717, 1.165) is 47.7 Å². The van der Waals surface area contributed by atoms with E-state index in [1.807, 2.05) is 17.2 Å². The van der Waals surface area contributed by atoms with Crippen LogP contribution in [0.3, 0.4) is 0 Å². The average Bonchev–Trinajstić information content (AvgIpc) is 3.38. The number of aromatic nitrogens is 5. The van der Waals surface area contributed by atoms with Gasteiger partial charge in [-0.2, -0.15) is 13.2 Å². The highest BCUT2D eigenvalue weighted by Crippen LogP contribution is 2.31. The molecule has 5 heterocycles. The molecule has 0 spiro atoms. The van der Waals surface area contributed by atoms with E-state index in [-0.39, 0.29) is 11.6 Å². The second-order valence-corrected chi connectivity index (χ2v) is 9.56. The van der Waals surface area contributed by atoms with Crippen molar-refractivity contribution in [1.82, 2.24) is 29.4 Å². The van der Waals surface area contributed by atoms with Gasteiger partial charge in [-0.25, -0.2) is 19.9 Å². The number of rotatable bonds is 5. The van der Waals surface area contributed by atoms with Crippen LogP contribution < -0.4 is 4.90 Å². The Hall–Kier alpha value is -2.31. The number of alkyl halides is 3. The minimum atomic E-state index is -4.36. The topological polar surface area (TPSA) is 72.2 Å². The normalized spacial score (nSPS) is 20.6. The summed E-state index contributed by atoms with van der Waals surface area (Å²) in [4.78, 5) is 22.7. The molecule has 3 aromatic heterocycles. The van der Waals surface area contributed by atoms with E-state index in [1.54, 1.807) is 11.3 Å². The molecule has 2 aliphatic heterocycles. The fraction of sp³-hybridized carbons (Fsp3) is 0.619. The van der Waals surface area contributed by atoms with E-state index in [9.17, 15) is 13.2 Å². The minimum Gasteiger partial charge on any atom is -0.378 e. The molecule has 0 radical (unpaired) electrons. The van der Waals surface area contributed by atoms with E-state index in [4.69, 9.17) is 9.72 Å². The third kappa shape index (κ3) is 5.12. The summed E-state index contributed by atoms with van der Waals surface area (Å²) in [6.45, 7) is 5.68. The zero-order chi connectivity index (χ0) is 23.0. The molecule has 0 N–H and O–H groups in total. The SMILES string of the molecule is Cc1csc(CN2CCCC(c3nc(N4CCOCC4)c4ncn(CC(F)(F)F)c4n3)C2)n1. The summed E-state index contributed by atoms with van der Waals surface area (Å²) in [7, 11) is 0. The first kappa shape index (κ1) is 22.5. The monoisotopic (exact) mass is 481 g/mol. The lowest BCUT2D eigenvalue weighted by Gasteiger charge is -2.32. The van der Waals surface area contributed by atoms with Gasteiger partial charge in [0, 0.05) is 36.6 Å². The summed E-state index contributed by atoms with van der Waals surface area (Å²) >= 11 is 1.65. The minimum absolute atomic E-state index is 0.0400. The highest BCUT2D eigenvalue weighted by molar-refractivity contribution is 7.09. The molecule has 1 unspecified atom stereocenters. The number of imidazole rings is 1. The summed E-state index contributed by atoms with van der Waals surface area (Å²) in [6.07, 6.45) is -1.26. The molecule has 2 saturated heterocycles. The Morgan fingerprint density at radius 2 is 1.97 bits per heavy atom. The van der Waals surface area contributed by atoms with Crippen LogP contribution in [0, 0.1) is 6.92 Å². The van der Waals surface area contributed by atoms with Crippen LogP contribution in [0.25, 0.3) is 11.2 Å². The van der Waals surface area contributed by atoms with Crippen LogP contribution in [0.4, 0.5) is 19.0 Å². The highest BCUT2D eigenvalue weighted by atomic mass is 32.1. The predicted octanol–water partition coefficient (Wildman–Crippen LogP) is 3.37. The van der Waals surface area contributed by atoms with Gasteiger partial charge in [0.15, 0.2) is 17.0 Å². The molecule has 0 aromatic carbocycles. The lowest BCUT2D eigenvalue weighted by atomic mass is 9.97. The Balaban J connectivity index is 1.47. The average molecular weight is 482 g/mol. The fourth-order valence-corrected chi connectivity index (χ4v) is 5.32. The van der Waals surface area contributed by atoms with Gasteiger partial charge in [-0.3, -0.25) is 4.90 Å². The van der Waals surface area contributed by atoms with E-state index in [1.165, 1.54) is 6.33 Å². The Kier molecular flexibility index (Phi) is 6.23. The quantitative estimate of drug-likeness (QED) is 0.553. The number of ether oxygens (including phenoxy) is 1. The van der Waals surface area contributed by atoms with Crippen molar-refractivity contribution in [1.29, 1.82) is 0 Å². The number of hydrogen-bond acceptors (Lipinski definition) is 8. The number of morpholine rings is 1. The Labute approximate surface area is 193 Å². The molecule has 1 atom stereocenters. The molecule has 12 heteroatoms. The zero-order valence-electron chi connectivity index (χ0n) is 18.4. The number of fused-ring (bicyclic) bond motifs is 1. The van der Waals surface area contributed by atoms with Gasteiger partial charge in [0.25, 0.3) is 0 Å². The van der Waals surface area contributed by atoms with Crippen molar-refractivity contribution in [3.05, 3.63) is 28.2 Å². The van der Waals surface area contributed by atoms with Crippen LogP contribution in [-0.4, -0.2) is 75.0 Å². The van der Waals surface area contributed by atoms with Crippen LogP contribution in [0.15, 0.2) is 11.7 Å². The maximum atomic E-state index is 13.2. The molecule has 2 aliphatic rings. The number of halogens is 3. The summed E-state index contributed by atoms with van der Waals surface area (Å²) in [6, 6.07) is 0. The third-order valence-electron chi connectivity index (χ3n) is 6.02. The van der Waals surface area contributed by atoms with Crippen molar-refractivity contribution in [2.45, 2.75) is 44.9 Å². The van der Waals surface area contributed by atoms with Crippen molar-refractivity contribution >= 4 is 28.3 Å². The standard InChI is InChI=1S/C21H26F3N7OS/c1-14-11-33-16(26-14)10-29-4-2-3-15(9-29)18-27-19(30-5-7-32-8-6-30)17-20(28-18)31(13-25-17)12-21(22,23)24/h11,13,15H,2-10,12H2,1H3. The Morgan fingerprint density at radius 1 is 1.15 bits per heavy atom. The summed E-state index contributed by atoms with van der Waals surface area (Å²) < 4.78 is 46.1. The number of thiazole rings is 1. The molecular weight excluding hydrogens is 455 g/mol. The molecule has 5 rings (SSSR count). The van der Waals surface area contributed by atoms with Crippen molar-refractivity contribution in [2.24, 2.45) is 0 Å². The van der Waals surface area contributed by atoms with Gasteiger partial charge in [0.2, 0.25) is 0 Å². The van der Waals surface area contributed by atoms with Crippen LogP contribution in [0.2, 0.25) is 0 Å². The lowest BCUT2D eigenvalue weighted by Crippen LogP contribution is -2.38. The first-order valence-electron chi connectivity index (χ1n) is 11.1. The molecule has 178 valence electrons. The smallest absolute Gasteiger partial charge is 0.378 e. The number of anilines is 1. The summed E-state index contributed by atoms with van der Waals surface area (Å²) in [5, 5.41) is 3.12. The number of piperidine rings is 1. The van der Waals surface area contributed by atoms with E-state index in [0.29, 0.717) is 43.5 Å². The number of hydrogen-bond donors (Lipinski definition) is 0. The van der Waals surface area contributed by atoms with E-state index < -0.39 is 12.7 Å². The maximum Gasteiger partial charge on any atom is 0.406 e. The zero-order valence-corrected chi connectivity index (χ0v) is 19.2. The number of aryl methyl sites for hydroxylation is 1. The lowest BCUT2D eigenvalue weighted by molar-refractivity contribution is -0.140. The van der Waals surface area contributed by atoms with Crippen molar-refractivity contribution in [3.8, 4) is 0 Å². The predicted molar refractivity (Wildman–Crippen MR) is 119 cm³/mol. The number of likely N-dealkylation sites (tertiary alicyclic amines) is 1. The van der Waals surface area contributed by atoms with Gasteiger partial charge in [0.05, 0.1) is 26.1 Å². The summed E-state index contributed by atoms with van der Waals surface area (Å²) in [5.74, 6) is 1.23. The van der Waals surface area contributed by atoms with Crippen molar-refractivity contribution in [2.75, 3.05) is 44.3 Å². The Bertz CT molecular complexity index is 1110. The third-order valence-corrected chi connectivity index (χ3v) is 6.97. The number of nitrogens with zero attached hydrogens (tertiary/aromatic N) is 7. The Morgan fingerprint density at radius 3 is 2.70 bits per heavy atom. The van der Waals surface area contributed by atoms with Gasteiger partial charge >= 0.3 is 6.18 Å². The molecule has 8 nitrogen and oxygen atoms in total. The first-order valence-corrected chi connectivity index (χ1v) is 12.0. The van der Waals surface area contributed by atoms with E-state index in [2.05, 4.69) is 19.9 Å². The van der Waals surface area contributed by atoms with Crippen molar-refractivity contribution in [3.63, 3.8) is 0 Å². The van der Waals surface area contributed by atoms with Gasteiger partial charge in [-0.05, 0) is 26.3 Å². The van der Waals surface area contributed by atoms with Crippen molar-refractivity contribution < 1.29 is 17.9 Å². The van der Waals surface area contributed by atoms with Crippen LogP contribution in [0.1, 0.15) is 35.3 Å². The van der Waals surface area contributed by atoms with Crippen LogP contribution >= 0.6 is 11.3 Å². The van der Waals surface area contributed by atoms with E-state index >= 15 is 0 Å². The van der Waals surface area contributed by atoms with Gasteiger partial charge in [-0.1, -0.05) is 0 Å².